The number of hydrogen-bond acceptors (Lipinski definition) is 5. The number of rotatable bonds is 7. The molecule has 0 radical (unpaired) electrons. The number of allylic oxidation sites excluding steroid dienone is 1. The predicted molar refractivity (Wildman–Crippen MR) is 97.5 cm³/mol. The maximum absolute atomic E-state index is 12.5. The summed E-state index contributed by atoms with van der Waals surface area (Å²) in [7, 11) is 6.09. The maximum atomic E-state index is 12.5. The third kappa shape index (κ3) is 4.25. The van der Waals surface area contributed by atoms with Gasteiger partial charge in [-0.3, -0.25) is 4.79 Å². The van der Waals surface area contributed by atoms with Crippen molar-refractivity contribution in [1.29, 1.82) is 0 Å². The van der Waals surface area contributed by atoms with Crippen LogP contribution in [0.3, 0.4) is 0 Å². The van der Waals surface area contributed by atoms with E-state index in [1.807, 2.05) is 0 Å². The second kappa shape index (κ2) is 8.44. The average Bonchev–Trinajstić information content (AvgIpc) is 2.64. The second-order valence-electron chi connectivity index (χ2n) is 5.00. The molecule has 132 valence electrons. The summed E-state index contributed by atoms with van der Waals surface area (Å²) in [6.07, 6.45) is 3.10. The minimum absolute atomic E-state index is 0.203. The fraction of sp³-hybridized carbons (Fsp3) is 0.211. The lowest BCUT2D eigenvalue weighted by Crippen LogP contribution is -1.99. The average molecular weight is 363 g/mol. The first-order valence-electron chi connectivity index (χ1n) is 7.40. The van der Waals surface area contributed by atoms with E-state index < -0.39 is 0 Å². The molecular weight excluding hydrogens is 344 g/mol. The van der Waals surface area contributed by atoms with Gasteiger partial charge in [0.05, 0.1) is 39.0 Å². The van der Waals surface area contributed by atoms with Crippen LogP contribution in [0.15, 0.2) is 36.4 Å². The Hall–Kier alpha value is -2.66. The normalized spacial score (nSPS) is 10.6. The summed E-state index contributed by atoms with van der Waals surface area (Å²) >= 11 is 6.17. The number of hydrogen-bond donors (Lipinski definition) is 0. The largest absolute Gasteiger partial charge is 0.497 e. The molecule has 0 N–H and O–H groups in total. The summed E-state index contributed by atoms with van der Waals surface area (Å²) in [5, 5.41) is 0.399. The van der Waals surface area contributed by atoms with Crippen molar-refractivity contribution >= 4 is 23.5 Å². The van der Waals surface area contributed by atoms with E-state index in [4.69, 9.17) is 30.5 Å². The quantitative estimate of drug-likeness (QED) is 0.544. The van der Waals surface area contributed by atoms with Crippen LogP contribution in [0.5, 0.6) is 23.0 Å². The molecule has 2 rings (SSSR count). The zero-order valence-corrected chi connectivity index (χ0v) is 15.2. The van der Waals surface area contributed by atoms with Crippen molar-refractivity contribution in [2.45, 2.75) is 0 Å². The minimum atomic E-state index is -0.203. The Labute approximate surface area is 151 Å². The molecule has 0 aliphatic carbocycles. The van der Waals surface area contributed by atoms with Crippen molar-refractivity contribution in [2.75, 3.05) is 28.4 Å². The fourth-order valence-electron chi connectivity index (χ4n) is 2.30. The van der Waals surface area contributed by atoms with Gasteiger partial charge < -0.3 is 18.9 Å². The van der Waals surface area contributed by atoms with Crippen molar-refractivity contribution in [1.82, 2.24) is 0 Å². The highest BCUT2D eigenvalue weighted by Crippen LogP contribution is 2.36. The van der Waals surface area contributed by atoms with Gasteiger partial charge in [-0.05, 0) is 35.9 Å². The molecule has 0 heterocycles. The van der Waals surface area contributed by atoms with Crippen LogP contribution in [0.25, 0.3) is 6.08 Å². The molecule has 0 saturated carbocycles. The van der Waals surface area contributed by atoms with Gasteiger partial charge in [-0.25, -0.2) is 0 Å². The summed E-state index contributed by atoms with van der Waals surface area (Å²) in [5.41, 5.74) is 1.15. The topological polar surface area (TPSA) is 54.0 Å². The fourth-order valence-corrected chi connectivity index (χ4v) is 2.59. The van der Waals surface area contributed by atoms with E-state index in [0.29, 0.717) is 39.1 Å². The monoisotopic (exact) mass is 362 g/mol. The van der Waals surface area contributed by atoms with Crippen molar-refractivity contribution in [3.8, 4) is 23.0 Å². The first-order valence-corrected chi connectivity index (χ1v) is 7.77. The Kier molecular flexibility index (Phi) is 6.31. The van der Waals surface area contributed by atoms with Crippen LogP contribution < -0.4 is 18.9 Å². The smallest absolute Gasteiger partial charge is 0.189 e. The van der Waals surface area contributed by atoms with E-state index in [-0.39, 0.29) is 5.78 Å². The van der Waals surface area contributed by atoms with Crippen LogP contribution >= 0.6 is 11.6 Å². The molecule has 25 heavy (non-hydrogen) atoms. The van der Waals surface area contributed by atoms with Gasteiger partial charge in [0, 0.05) is 6.07 Å². The third-order valence-corrected chi connectivity index (χ3v) is 3.84. The van der Waals surface area contributed by atoms with Crippen LogP contribution in [-0.4, -0.2) is 34.2 Å². The third-order valence-electron chi connectivity index (χ3n) is 3.56. The SMILES string of the molecule is COc1ccc(C(=O)C=Cc2cc(Cl)c(OC)c(OC)c2)c(OC)c1. The van der Waals surface area contributed by atoms with Crippen LogP contribution in [-0.2, 0) is 0 Å². The molecule has 0 atom stereocenters. The number of ether oxygens (including phenoxy) is 4. The highest BCUT2D eigenvalue weighted by molar-refractivity contribution is 6.32. The lowest BCUT2D eigenvalue weighted by Gasteiger charge is -2.10. The molecule has 6 heteroatoms. The van der Waals surface area contributed by atoms with E-state index in [2.05, 4.69) is 0 Å². The van der Waals surface area contributed by atoms with Crippen molar-refractivity contribution < 1.29 is 23.7 Å². The van der Waals surface area contributed by atoms with Gasteiger partial charge in [0.2, 0.25) is 0 Å². The summed E-state index contributed by atoms with van der Waals surface area (Å²) in [6, 6.07) is 8.45. The Morgan fingerprint density at radius 1 is 0.920 bits per heavy atom. The van der Waals surface area contributed by atoms with Gasteiger partial charge in [0.25, 0.3) is 0 Å². The van der Waals surface area contributed by atoms with Gasteiger partial charge in [-0.15, -0.1) is 0 Å². The Morgan fingerprint density at radius 2 is 1.64 bits per heavy atom. The van der Waals surface area contributed by atoms with Gasteiger partial charge in [0.15, 0.2) is 17.3 Å². The number of carbonyl (C=O) groups excluding carboxylic acids is 1. The van der Waals surface area contributed by atoms with Gasteiger partial charge in [-0.1, -0.05) is 17.7 Å². The number of ketones is 1. The molecule has 2 aromatic rings. The van der Waals surface area contributed by atoms with E-state index in [9.17, 15) is 4.79 Å². The highest BCUT2D eigenvalue weighted by Gasteiger charge is 2.12. The summed E-state index contributed by atoms with van der Waals surface area (Å²) in [5.74, 6) is 1.79. The van der Waals surface area contributed by atoms with Crippen LogP contribution in [0.4, 0.5) is 0 Å². The minimum Gasteiger partial charge on any atom is -0.497 e. The first-order chi connectivity index (χ1) is 12.0. The summed E-state index contributed by atoms with van der Waals surface area (Å²) < 4.78 is 20.8. The Balaban J connectivity index is 2.30. The number of methoxy groups -OCH3 is 4. The lowest BCUT2D eigenvalue weighted by molar-refractivity contribution is 0.104. The highest BCUT2D eigenvalue weighted by atomic mass is 35.5. The first kappa shape index (κ1) is 18.7. The predicted octanol–water partition coefficient (Wildman–Crippen LogP) is 4.27. The molecule has 2 aromatic carbocycles. The molecule has 0 saturated heterocycles. The molecule has 0 aliphatic rings. The molecule has 0 fully saturated rings. The summed E-state index contributed by atoms with van der Waals surface area (Å²) in [6.45, 7) is 0. The zero-order chi connectivity index (χ0) is 18.4. The zero-order valence-electron chi connectivity index (χ0n) is 14.5. The molecule has 0 spiro atoms. The standard InChI is InChI=1S/C19H19ClO5/c1-22-13-6-7-14(17(11-13)23-2)16(21)8-5-12-9-15(20)19(25-4)18(10-12)24-3/h5-11H,1-4H3. The summed E-state index contributed by atoms with van der Waals surface area (Å²) in [4.78, 5) is 12.5. The lowest BCUT2D eigenvalue weighted by atomic mass is 10.1. The van der Waals surface area contributed by atoms with Crippen molar-refractivity contribution in [3.63, 3.8) is 0 Å². The molecule has 0 aliphatic heterocycles. The molecule has 0 aromatic heterocycles. The van der Waals surface area contributed by atoms with E-state index in [1.54, 1.807) is 43.5 Å². The molecular formula is C19H19ClO5. The van der Waals surface area contributed by atoms with Crippen molar-refractivity contribution in [3.05, 3.63) is 52.6 Å². The van der Waals surface area contributed by atoms with E-state index in [0.717, 1.165) is 0 Å². The van der Waals surface area contributed by atoms with Crippen LogP contribution in [0, 0.1) is 0 Å². The van der Waals surface area contributed by atoms with Crippen LogP contribution in [0.2, 0.25) is 5.02 Å². The number of halogens is 1. The number of benzene rings is 2. The molecule has 0 bridgehead atoms. The van der Waals surface area contributed by atoms with Gasteiger partial charge >= 0.3 is 0 Å². The van der Waals surface area contributed by atoms with Crippen LogP contribution in [0.1, 0.15) is 15.9 Å². The second-order valence-corrected chi connectivity index (χ2v) is 5.41. The molecule has 0 amide bonds. The Morgan fingerprint density at radius 3 is 2.24 bits per heavy atom. The van der Waals surface area contributed by atoms with E-state index >= 15 is 0 Å². The number of carbonyl (C=O) groups is 1. The van der Waals surface area contributed by atoms with Crippen molar-refractivity contribution in [2.24, 2.45) is 0 Å². The van der Waals surface area contributed by atoms with Gasteiger partial charge in [-0.2, -0.15) is 0 Å². The Bertz CT molecular complexity index is 799. The molecule has 5 nitrogen and oxygen atoms in total. The van der Waals surface area contributed by atoms with Gasteiger partial charge in [0.1, 0.15) is 11.5 Å². The van der Waals surface area contributed by atoms with E-state index in [1.165, 1.54) is 27.4 Å². The maximum Gasteiger partial charge on any atom is 0.189 e. The molecule has 0 unspecified atom stereocenters.